The summed E-state index contributed by atoms with van der Waals surface area (Å²) in [6.07, 6.45) is 1.48. The van der Waals surface area contributed by atoms with E-state index in [-0.39, 0.29) is 11.1 Å². The number of aromatic nitrogens is 1. The Bertz CT molecular complexity index is 440. The minimum atomic E-state index is -0.0210. The molecule has 0 aliphatic carbocycles. The molecular formula is C12H14Cl2N2O. The number of halogens is 2. The summed E-state index contributed by atoms with van der Waals surface area (Å²) < 4.78 is 0. The van der Waals surface area contributed by atoms with Crippen LogP contribution in [0.25, 0.3) is 0 Å². The summed E-state index contributed by atoms with van der Waals surface area (Å²) in [6.45, 7) is 5.90. The number of carbonyl (C=O) groups is 1. The van der Waals surface area contributed by atoms with Gasteiger partial charge in [0.2, 0.25) is 0 Å². The Morgan fingerprint density at radius 3 is 2.47 bits per heavy atom. The second-order valence-corrected chi connectivity index (χ2v) is 5.43. The molecule has 1 aromatic rings. The zero-order valence-corrected chi connectivity index (χ0v) is 11.3. The summed E-state index contributed by atoms with van der Waals surface area (Å²) >= 11 is 11.6. The van der Waals surface area contributed by atoms with Gasteiger partial charge in [-0.3, -0.25) is 4.79 Å². The number of carbonyl (C=O) groups excluding carboxylic acids is 1. The number of nitrogens with zero attached hydrogens (tertiary/aromatic N) is 2. The highest BCUT2D eigenvalue weighted by atomic mass is 35.5. The third-order valence-corrected chi connectivity index (χ3v) is 4.00. The van der Waals surface area contributed by atoms with Gasteiger partial charge in [0.15, 0.2) is 0 Å². The van der Waals surface area contributed by atoms with Crippen molar-refractivity contribution in [1.29, 1.82) is 0 Å². The minimum Gasteiger partial charge on any atom is -0.338 e. The highest BCUT2D eigenvalue weighted by Crippen LogP contribution is 2.25. The molecule has 0 radical (unpaired) electrons. The number of rotatable bonds is 1. The van der Waals surface area contributed by atoms with Crippen molar-refractivity contribution in [2.45, 2.75) is 13.8 Å². The summed E-state index contributed by atoms with van der Waals surface area (Å²) in [6, 6.07) is 1.58. The molecule has 92 valence electrons. The molecule has 1 amide bonds. The number of likely N-dealkylation sites (tertiary alicyclic amines) is 1. The average molecular weight is 273 g/mol. The van der Waals surface area contributed by atoms with Crippen LogP contribution < -0.4 is 0 Å². The fourth-order valence-corrected chi connectivity index (χ4v) is 2.29. The van der Waals surface area contributed by atoms with E-state index in [1.807, 2.05) is 4.90 Å². The van der Waals surface area contributed by atoms with E-state index < -0.39 is 0 Å². The van der Waals surface area contributed by atoms with Crippen LogP contribution in [0.5, 0.6) is 0 Å². The molecule has 0 saturated carbocycles. The van der Waals surface area contributed by atoms with Crippen molar-refractivity contribution in [3.8, 4) is 0 Å². The Labute approximate surface area is 111 Å². The van der Waals surface area contributed by atoms with Gasteiger partial charge in [0.25, 0.3) is 5.91 Å². The van der Waals surface area contributed by atoms with Crippen molar-refractivity contribution in [2.24, 2.45) is 11.8 Å². The van der Waals surface area contributed by atoms with Gasteiger partial charge in [-0.1, -0.05) is 37.0 Å². The van der Waals surface area contributed by atoms with Crippen LogP contribution >= 0.6 is 23.2 Å². The van der Waals surface area contributed by atoms with Crippen LogP contribution in [0.2, 0.25) is 10.2 Å². The van der Waals surface area contributed by atoms with E-state index in [2.05, 4.69) is 18.8 Å². The quantitative estimate of drug-likeness (QED) is 0.736. The van der Waals surface area contributed by atoms with E-state index in [0.29, 0.717) is 22.4 Å². The first-order valence-corrected chi connectivity index (χ1v) is 6.35. The zero-order valence-electron chi connectivity index (χ0n) is 9.78. The first kappa shape index (κ1) is 12.7. The number of amides is 1. The van der Waals surface area contributed by atoms with Gasteiger partial charge in [-0.25, -0.2) is 4.98 Å². The molecule has 1 aliphatic rings. The predicted octanol–water partition coefficient (Wildman–Crippen LogP) is 3.12. The van der Waals surface area contributed by atoms with Crippen LogP contribution in [-0.2, 0) is 0 Å². The maximum absolute atomic E-state index is 12.2. The largest absolute Gasteiger partial charge is 0.338 e. The number of pyridine rings is 1. The fraction of sp³-hybridized carbons (Fsp3) is 0.500. The molecule has 1 aromatic heterocycles. The summed E-state index contributed by atoms with van der Waals surface area (Å²) in [5.74, 6) is 1.05. The maximum Gasteiger partial charge on any atom is 0.255 e. The van der Waals surface area contributed by atoms with E-state index in [0.717, 1.165) is 13.1 Å². The lowest BCUT2D eigenvalue weighted by Gasteiger charge is -2.15. The normalized spacial score (nSPS) is 24.1. The van der Waals surface area contributed by atoms with Crippen LogP contribution in [0.1, 0.15) is 24.2 Å². The Kier molecular flexibility index (Phi) is 3.59. The van der Waals surface area contributed by atoms with Gasteiger partial charge in [0.05, 0.1) is 10.6 Å². The summed E-state index contributed by atoms with van der Waals surface area (Å²) in [7, 11) is 0. The molecule has 0 bridgehead atoms. The van der Waals surface area contributed by atoms with Crippen molar-refractivity contribution >= 4 is 29.1 Å². The molecule has 1 aliphatic heterocycles. The minimum absolute atomic E-state index is 0.0210. The second-order valence-electron chi connectivity index (χ2n) is 4.66. The molecule has 3 nitrogen and oxygen atoms in total. The van der Waals surface area contributed by atoms with Crippen LogP contribution in [0.4, 0.5) is 0 Å². The van der Waals surface area contributed by atoms with Crippen molar-refractivity contribution in [3.05, 3.63) is 28.0 Å². The fourth-order valence-electron chi connectivity index (χ4n) is 2.02. The van der Waals surface area contributed by atoms with E-state index in [4.69, 9.17) is 23.2 Å². The first-order valence-electron chi connectivity index (χ1n) is 5.59. The molecule has 0 spiro atoms. The highest BCUT2D eigenvalue weighted by Gasteiger charge is 2.30. The summed E-state index contributed by atoms with van der Waals surface area (Å²) in [5, 5.41) is 0.546. The van der Waals surface area contributed by atoms with Gasteiger partial charge < -0.3 is 4.90 Å². The molecule has 5 heteroatoms. The first-order chi connectivity index (χ1) is 7.99. The molecule has 0 N–H and O–H groups in total. The maximum atomic E-state index is 12.2. The predicted molar refractivity (Wildman–Crippen MR) is 68.5 cm³/mol. The molecule has 2 heterocycles. The van der Waals surface area contributed by atoms with E-state index in [1.54, 1.807) is 6.07 Å². The molecule has 1 fully saturated rings. The molecule has 2 rings (SSSR count). The lowest BCUT2D eigenvalue weighted by Crippen LogP contribution is -2.28. The Morgan fingerprint density at radius 1 is 1.35 bits per heavy atom. The lowest BCUT2D eigenvalue weighted by molar-refractivity contribution is 0.0784. The van der Waals surface area contributed by atoms with Crippen LogP contribution in [-0.4, -0.2) is 28.9 Å². The van der Waals surface area contributed by atoms with E-state index in [1.165, 1.54) is 6.20 Å². The molecular weight excluding hydrogens is 259 g/mol. The molecule has 17 heavy (non-hydrogen) atoms. The van der Waals surface area contributed by atoms with Gasteiger partial charge in [-0.05, 0) is 17.9 Å². The summed E-state index contributed by atoms with van der Waals surface area (Å²) in [5.41, 5.74) is 0.501. The molecule has 0 aromatic carbocycles. The molecule has 2 atom stereocenters. The van der Waals surface area contributed by atoms with Crippen molar-refractivity contribution in [3.63, 3.8) is 0 Å². The number of hydrogen-bond donors (Lipinski definition) is 0. The second kappa shape index (κ2) is 4.83. The number of hydrogen-bond acceptors (Lipinski definition) is 2. The van der Waals surface area contributed by atoms with Crippen molar-refractivity contribution < 1.29 is 4.79 Å². The molecule has 2 unspecified atom stereocenters. The van der Waals surface area contributed by atoms with Gasteiger partial charge in [0, 0.05) is 19.3 Å². The Morgan fingerprint density at radius 2 is 1.94 bits per heavy atom. The third kappa shape index (κ3) is 2.55. The van der Waals surface area contributed by atoms with Gasteiger partial charge in [0.1, 0.15) is 5.15 Å². The van der Waals surface area contributed by atoms with Crippen LogP contribution in [0.3, 0.4) is 0 Å². The van der Waals surface area contributed by atoms with E-state index in [9.17, 15) is 4.79 Å². The van der Waals surface area contributed by atoms with Crippen molar-refractivity contribution in [1.82, 2.24) is 9.88 Å². The topological polar surface area (TPSA) is 33.2 Å². The lowest BCUT2D eigenvalue weighted by atomic mass is 10.0. The SMILES string of the molecule is CC1CN(C(=O)c2cnc(Cl)c(Cl)c2)CC1C. The Balaban J connectivity index is 2.17. The average Bonchev–Trinajstić information content (AvgIpc) is 2.62. The molecule has 1 saturated heterocycles. The smallest absolute Gasteiger partial charge is 0.255 e. The monoisotopic (exact) mass is 272 g/mol. The van der Waals surface area contributed by atoms with Gasteiger partial charge >= 0.3 is 0 Å². The zero-order chi connectivity index (χ0) is 12.6. The highest BCUT2D eigenvalue weighted by molar-refractivity contribution is 6.41. The van der Waals surface area contributed by atoms with E-state index >= 15 is 0 Å². The van der Waals surface area contributed by atoms with Crippen LogP contribution in [0.15, 0.2) is 12.3 Å². The van der Waals surface area contributed by atoms with Gasteiger partial charge in [-0.2, -0.15) is 0 Å². The van der Waals surface area contributed by atoms with Crippen molar-refractivity contribution in [2.75, 3.05) is 13.1 Å². The van der Waals surface area contributed by atoms with Crippen LogP contribution in [0, 0.1) is 11.8 Å². The third-order valence-electron chi connectivity index (χ3n) is 3.32. The summed E-state index contributed by atoms with van der Waals surface area (Å²) in [4.78, 5) is 17.9. The standard InChI is InChI=1S/C12H14Cl2N2O/c1-7-5-16(6-8(7)2)12(17)9-3-10(13)11(14)15-4-9/h3-4,7-8H,5-6H2,1-2H3. The Hall–Kier alpha value is -0.800. The van der Waals surface area contributed by atoms with Gasteiger partial charge in [-0.15, -0.1) is 0 Å².